The number of carbonyl (C=O) groups excluding carboxylic acids is 2. The average molecular weight is 353 g/mol. The predicted molar refractivity (Wildman–Crippen MR) is 95.6 cm³/mol. The van der Waals surface area contributed by atoms with E-state index in [2.05, 4.69) is 27.3 Å². The molecule has 7 nitrogen and oxygen atoms in total. The second-order valence-corrected chi connectivity index (χ2v) is 5.67. The van der Waals surface area contributed by atoms with Crippen molar-refractivity contribution in [2.24, 2.45) is 0 Å². The normalized spacial score (nSPS) is 10.6. The van der Waals surface area contributed by atoms with Gasteiger partial charge in [-0.2, -0.15) is 5.10 Å². The minimum Gasteiger partial charge on any atom is -0.322 e. The van der Waals surface area contributed by atoms with Crippen LogP contribution in [0.15, 0.2) is 43.1 Å². The number of nitrogens with zero attached hydrogens (tertiary/aromatic N) is 3. The van der Waals surface area contributed by atoms with Crippen LogP contribution in [0.25, 0.3) is 5.65 Å². The summed E-state index contributed by atoms with van der Waals surface area (Å²) in [7, 11) is 0. The van der Waals surface area contributed by atoms with Crippen LogP contribution in [0.2, 0.25) is 0 Å². The minimum atomic E-state index is -0.623. The molecule has 0 aliphatic heterocycles. The third-order valence-electron chi connectivity index (χ3n) is 3.69. The summed E-state index contributed by atoms with van der Waals surface area (Å²) in [5.74, 6) is -1.61. The molecule has 8 heteroatoms. The van der Waals surface area contributed by atoms with Crippen molar-refractivity contribution in [3.05, 3.63) is 65.9 Å². The summed E-state index contributed by atoms with van der Waals surface area (Å²) in [6.07, 6.45) is 2.45. The van der Waals surface area contributed by atoms with Crippen LogP contribution in [0.3, 0.4) is 0 Å². The van der Waals surface area contributed by atoms with Crippen LogP contribution in [0, 0.1) is 19.7 Å². The molecular weight excluding hydrogens is 337 g/mol. The molecule has 132 valence electrons. The van der Waals surface area contributed by atoms with Gasteiger partial charge in [-0.05, 0) is 44.2 Å². The molecule has 2 amide bonds. The topological polar surface area (TPSA) is 88.4 Å². The maximum absolute atomic E-state index is 13.8. The fourth-order valence-electron chi connectivity index (χ4n) is 2.51. The van der Waals surface area contributed by atoms with Crippen molar-refractivity contribution in [2.45, 2.75) is 13.8 Å². The second-order valence-electron chi connectivity index (χ2n) is 5.67. The van der Waals surface area contributed by atoms with Gasteiger partial charge in [0.25, 0.3) is 5.91 Å². The van der Waals surface area contributed by atoms with Crippen LogP contribution < -0.4 is 10.6 Å². The first-order valence-electron chi connectivity index (χ1n) is 7.75. The molecule has 0 bridgehead atoms. The lowest BCUT2D eigenvalue weighted by Gasteiger charge is -2.09. The summed E-state index contributed by atoms with van der Waals surface area (Å²) < 4.78 is 15.4. The molecule has 0 unspecified atom stereocenters. The van der Waals surface area contributed by atoms with Gasteiger partial charge in [-0.25, -0.2) is 13.9 Å². The number of hydrogen-bond acceptors (Lipinski definition) is 4. The molecule has 2 heterocycles. The highest BCUT2D eigenvalue weighted by molar-refractivity contribution is 6.08. The number of fused-ring (bicyclic) bond motifs is 1. The minimum absolute atomic E-state index is 0.0580. The summed E-state index contributed by atoms with van der Waals surface area (Å²) in [5, 5.41) is 9.17. The van der Waals surface area contributed by atoms with Crippen molar-refractivity contribution in [3.8, 4) is 0 Å². The summed E-state index contributed by atoms with van der Waals surface area (Å²) in [4.78, 5) is 28.3. The van der Waals surface area contributed by atoms with Crippen LogP contribution in [0.5, 0.6) is 0 Å². The summed E-state index contributed by atoms with van der Waals surface area (Å²) >= 11 is 0. The number of anilines is 2. The molecule has 0 fully saturated rings. The zero-order valence-electron chi connectivity index (χ0n) is 14.2. The number of carbonyl (C=O) groups is 2. The Morgan fingerprint density at radius 1 is 1.23 bits per heavy atom. The average Bonchev–Trinajstić information content (AvgIpc) is 3.01. The van der Waals surface area contributed by atoms with Gasteiger partial charge in [-0.1, -0.05) is 6.58 Å². The Labute approximate surface area is 148 Å². The van der Waals surface area contributed by atoms with Gasteiger partial charge in [0.05, 0.1) is 11.9 Å². The maximum Gasteiger partial charge on any atom is 0.261 e. The van der Waals surface area contributed by atoms with Crippen molar-refractivity contribution >= 4 is 28.8 Å². The molecule has 0 aliphatic carbocycles. The van der Waals surface area contributed by atoms with Crippen LogP contribution in [-0.2, 0) is 4.79 Å². The molecule has 3 aromatic rings. The van der Waals surface area contributed by atoms with Gasteiger partial charge in [0.1, 0.15) is 11.4 Å². The Morgan fingerprint density at radius 3 is 2.73 bits per heavy atom. The van der Waals surface area contributed by atoms with Gasteiger partial charge in [-0.15, -0.1) is 0 Å². The van der Waals surface area contributed by atoms with Gasteiger partial charge in [0.2, 0.25) is 5.91 Å². The van der Waals surface area contributed by atoms with Gasteiger partial charge >= 0.3 is 0 Å². The van der Waals surface area contributed by atoms with E-state index in [0.29, 0.717) is 11.3 Å². The molecule has 0 aliphatic rings. The lowest BCUT2D eigenvalue weighted by atomic mass is 10.2. The van der Waals surface area contributed by atoms with E-state index in [4.69, 9.17) is 0 Å². The van der Waals surface area contributed by atoms with E-state index in [1.54, 1.807) is 4.52 Å². The molecule has 0 atom stereocenters. The first-order chi connectivity index (χ1) is 12.4. The number of benzene rings is 1. The molecule has 0 spiro atoms. The van der Waals surface area contributed by atoms with Crippen molar-refractivity contribution in [1.29, 1.82) is 0 Å². The van der Waals surface area contributed by atoms with Crippen molar-refractivity contribution in [3.63, 3.8) is 0 Å². The number of amides is 2. The number of aromatic nitrogens is 3. The third-order valence-corrected chi connectivity index (χ3v) is 3.69. The SMILES string of the molecule is C=CC(=O)Nc1cc(NC(=O)c2cnn3c(C)cc(C)nc23)ccc1F. The lowest BCUT2D eigenvalue weighted by molar-refractivity contribution is -0.111. The maximum atomic E-state index is 13.8. The van der Waals surface area contributed by atoms with Gasteiger partial charge in [0.15, 0.2) is 5.65 Å². The largest absolute Gasteiger partial charge is 0.322 e. The number of hydrogen-bond donors (Lipinski definition) is 2. The van der Waals surface area contributed by atoms with E-state index in [9.17, 15) is 14.0 Å². The molecule has 0 saturated carbocycles. The monoisotopic (exact) mass is 353 g/mol. The zero-order chi connectivity index (χ0) is 18.8. The Bertz CT molecular complexity index is 1040. The van der Waals surface area contributed by atoms with Gasteiger partial charge in [0, 0.05) is 17.1 Å². The van der Waals surface area contributed by atoms with Crippen LogP contribution in [0.1, 0.15) is 21.7 Å². The molecular formula is C18H16FN5O2. The highest BCUT2D eigenvalue weighted by Gasteiger charge is 2.16. The number of aryl methyl sites for hydroxylation is 2. The van der Waals surface area contributed by atoms with Gasteiger partial charge in [-0.3, -0.25) is 9.59 Å². The quantitative estimate of drug-likeness (QED) is 0.706. The van der Waals surface area contributed by atoms with Crippen molar-refractivity contribution in [2.75, 3.05) is 10.6 Å². The molecule has 1 aromatic carbocycles. The second kappa shape index (κ2) is 6.75. The molecule has 3 rings (SSSR count). The Hall–Kier alpha value is -3.55. The van der Waals surface area contributed by atoms with E-state index < -0.39 is 17.6 Å². The lowest BCUT2D eigenvalue weighted by Crippen LogP contribution is -2.14. The smallest absolute Gasteiger partial charge is 0.261 e. The highest BCUT2D eigenvalue weighted by Crippen LogP contribution is 2.21. The number of nitrogens with one attached hydrogen (secondary N) is 2. The van der Waals surface area contributed by atoms with Crippen LogP contribution >= 0.6 is 0 Å². The number of rotatable bonds is 4. The first kappa shape index (κ1) is 17.3. The highest BCUT2D eigenvalue weighted by atomic mass is 19.1. The van der Waals surface area contributed by atoms with E-state index in [1.165, 1.54) is 18.3 Å². The Kier molecular flexibility index (Phi) is 4.49. The van der Waals surface area contributed by atoms with E-state index in [-0.39, 0.29) is 11.3 Å². The summed E-state index contributed by atoms with van der Waals surface area (Å²) in [6.45, 7) is 7.01. The predicted octanol–water partition coefficient (Wildman–Crippen LogP) is 2.86. The van der Waals surface area contributed by atoms with Crippen LogP contribution in [-0.4, -0.2) is 26.4 Å². The summed E-state index contributed by atoms with van der Waals surface area (Å²) in [6, 6.07) is 5.73. The van der Waals surface area contributed by atoms with Crippen molar-refractivity contribution < 1.29 is 14.0 Å². The Balaban J connectivity index is 1.90. The fraction of sp³-hybridized carbons (Fsp3) is 0.111. The molecule has 2 aromatic heterocycles. The summed E-state index contributed by atoms with van der Waals surface area (Å²) in [5.41, 5.74) is 2.60. The van der Waals surface area contributed by atoms with E-state index in [0.717, 1.165) is 23.5 Å². The standard InChI is InChI=1S/C18H16FN5O2/c1-4-16(25)23-15-8-12(5-6-14(15)19)22-18(26)13-9-20-24-11(3)7-10(2)21-17(13)24/h4-9H,1H2,2-3H3,(H,22,26)(H,23,25). The number of halogens is 1. The fourth-order valence-corrected chi connectivity index (χ4v) is 2.51. The molecule has 0 radical (unpaired) electrons. The van der Waals surface area contributed by atoms with Gasteiger partial charge < -0.3 is 10.6 Å². The van der Waals surface area contributed by atoms with E-state index in [1.807, 2.05) is 19.9 Å². The van der Waals surface area contributed by atoms with Crippen molar-refractivity contribution in [1.82, 2.24) is 14.6 Å². The molecule has 26 heavy (non-hydrogen) atoms. The van der Waals surface area contributed by atoms with Crippen LogP contribution in [0.4, 0.5) is 15.8 Å². The molecule has 2 N–H and O–H groups in total. The molecule has 0 saturated heterocycles. The zero-order valence-corrected chi connectivity index (χ0v) is 14.2. The van der Waals surface area contributed by atoms with E-state index >= 15 is 0 Å². The first-order valence-corrected chi connectivity index (χ1v) is 7.75. The third kappa shape index (κ3) is 3.30. The Morgan fingerprint density at radius 2 is 2.00 bits per heavy atom.